The first-order valence-electron chi connectivity index (χ1n) is 9.57. The highest BCUT2D eigenvalue weighted by Crippen LogP contribution is 2.46. The minimum atomic E-state index is -1.48. The Hall–Kier alpha value is -3.07. The van der Waals surface area contributed by atoms with Gasteiger partial charge in [-0.15, -0.1) is 0 Å². The number of carbonyl (C=O) groups is 1. The highest BCUT2D eigenvalue weighted by Gasteiger charge is 2.23. The lowest BCUT2D eigenvalue weighted by Crippen LogP contribution is -2.03. The van der Waals surface area contributed by atoms with Crippen molar-refractivity contribution in [2.24, 2.45) is 0 Å². The molecule has 5 rings (SSSR count). The van der Waals surface area contributed by atoms with Crippen LogP contribution in [0.5, 0.6) is 11.5 Å². The minimum absolute atomic E-state index is 0.318. The zero-order valence-electron chi connectivity index (χ0n) is 16.6. The van der Waals surface area contributed by atoms with Gasteiger partial charge < -0.3 is 9.47 Å². The Kier molecular flexibility index (Phi) is 2.77. The Morgan fingerprint density at radius 2 is 1.88 bits per heavy atom. The Morgan fingerprint density at radius 1 is 1.04 bits per heavy atom. The summed E-state index contributed by atoms with van der Waals surface area (Å²) < 4.78 is 28.4. The van der Waals surface area contributed by atoms with Crippen LogP contribution in [0.4, 0.5) is 0 Å². The maximum absolute atomic E-state index is 11.9. The van der Waals surface area contributed by atoms with Crippen molar-refractivity contribution in [2.75, 3.05) is 7.11 Å². The topological polar surface area (TPSA) is 35.5 Å². The molecule has 3 nitrogen and oxygen atoms in total. The molecular formula is C23H18O3. The number of hydrogen-bond acceptors (Lipinski definition) is 3. The predicted molar refractivity (Wildman–Crippen MR) is 104 cm³/mol. The standard InChI is InChI=1S/C23H18O3/c1-13(24)26-23-20-5-3-4-14-6-9-18(21(14)20)19-10-7-15-12-16(25-2)8-11-17(15)22(19)23/h3-5,7-8,10-12H,6,9H2,1-2H3/i9D2. The highest BCUT2D eigenvalue weighted by molar-refractivity contribution is 6.20. The molecule has 128 valence electrons. The fraction of sp³-hybridized carbons (Fsp3) is 0.174. The predicted octanol–water partition coefficient (Wildman–Crippen LogP) is 5.18. The number of aryl methyl sites for hydroxylation is 2. The van der Waals surface area contributed by atoms with Crippen LogP contribution in [-0.2, 0) is 17.6 Å². The maximum atomic E-state index is 11.9. The second-order valence-electron chi connectivity index (χ2n) is 6.57. The van der Waals surface area contributed by atoms with Crippen molar-refractivity contribution < 1.29 is 17.0 Å². The fourth-order valence-electron chi connectivity index (χ4n) is 4.01. The molecule has 0 aromatic heterocycles. The van der Waals surface area contributed by atoms with Crippen LogP contribution in [0, 0.1) is 0 Å². The summed E-state index contributed by atoms with van der Waals surface area (Å²) in [5, 5.41) is 5.04. The third kappa shape index (κ3) is 2.03. The van der Waals surface area contributed by atoms with Gasteiger partial charge in [-0.2, -0.15) is 0 Å². The van der Waals surface area contributed by atoms with Gasteiger partial charge in [0.25, 0.3) is 0 Å². The molecule has 0 aliphatic heterocycles. The van der Waals surface area contributed by atoms with Crippen LogP contribution in [0.15, 0.2) is 48.5 Å². The lowest BCUT2D eigenvalue weighted by Gasteiger charge is -2.16. The number of benzene rings is 4. The van der Waals surface area contributed by atoms with E-state index in [9.17, 15) is 4.79 Å². The van der Waals surface area contributed by atoms with Crippen LogP contribution in [-0.4, -0.2) is 13.1 Å². The van der Waals surface area contributed by atoms with Gasteiger partial charge in [-0.1, -0.05) is 30.3 Å². The van der Waals surface area contributed by atoms with Crippen LogP contribution in [0.3, 0.4) is 0 Å². The average Bonchev–Trinajstić information content (AvgIpc) is 2.94. The molecule has 0 fully saturated rings. The van der Waals surface area contributed by atoms with E-state index < -0.39 is 12.3 Å². The molecule has 0 spiro atoms. The summed E-state index contributed by atoms with van der Waals surface area (Å²) in [6.07, 6.45) is -1.16. The van der Waals surface area contributed by atoms with Crippen LogP contribution in [0.25, 0.3) is 32.3 Å². The first kappa shape index (κ1) is 13.2. The lowest BCUT2D eigenvalue weighted by atomic mass is 9.93. The first-order chi connectivity index (χ1) is 13.4. The van der Waals surface area contributed by atoms with Gasteiger partial charge in [0.05, 0.1) is 7.11 Å². The van der Waals surface area contributed by atoms with E-state index in [-0.39, 0.29) is 0 Å². The van der Waals surface area contributed by atoms with Crippen molar-refractivity contribution in [2.45, 2.75) is 19.7 Å². The highest BCUT2D eigenvalue weighted by atomic mass is 16.5. The van der Waals surface area contributed by atoms with E-state index in [4.69, 9.17) is 12.2 Å². The van der Waals surface area contributed by atoms with Gasteiger partial charge in [-0.25, -0.2) is 0 Å². The van der Waals surface area contributed by atoms with Gasteiger partial charge in [0.15, 0.2) is 0 Å². The van der Waals surface area contributed by atoms with Gasteiger partial charge in [0.2, 0.25) is 0 Å². The smallest absolute Gasteiger partial charge is 0.308 e. The van der Waals surface area contributed by atoms with Gasteiger partial charge in [0, 0.05) is 20.4 Å². The number of esters is 1. The molecule has 3 heteroatoms. The molecule has 4 aromatic rings. The second-order valence-corrected chi connectivity index (χ2v) is 6.57. The van der Waals surface area contributed by atoms with Gasteiger partial charge in [-0.05, 0) is 63.7 Å². The van der Waals surface area contributed by atoms with E-state index in [2.05, 4.69) is 0 Å². The quantitative estimate of drug-likeness (QED) is 0.218. The Labute approximate surface area is 153 Å². The van der Waals surface area contributed by atoms with Crippen LogP contribution < -0.4 is 9.47 Å². The molecule has 0 bridgehead atoms. The number of ether oxygens (including phenoxy) is 2. The molecule has 0 saturated carbocycles. The number of rotatable bonds is 2. The average molecular weight is 344 g/mol. The zero-order chi connectivity index (χ0) is 19.6. The van der Waals surface area contributed by atoms with E-state index in [0.29, 0.717) is 17.7 Å². The summed E-state index contributed by atoms with van der Waals surface area (Å²) in [4.78, 5) is 11.9. The lowest BCUT2D eigenvalue weighted by molar-refractivity contribution is -0.131. The number of carbonyl (C=O) groups excluding carboxylic acids is 1. The van der Waals surface area contributed by atoms with Crippen molar-refractivity contribution in [3.63, 3.8) is 0 Å². The molecule has 0 saturated heterocycles. The largest absolute Gasteiger partial charge is 0.497 e. The van der Waals surface area contributed by atoms with E-state index in [1.54, 1.807) is 7.11 Å². The van der Waals surface area contributed by atoms with E-state index in [0.717, 1.165) is 43.6 Å². The molecule has 0 amide bonds. The third-order valence-corrected chi connectivity index (χ3v) is 5.07. The number of hydrogen-bond donors (Lipinski definition) is 0. The summed E-state index contributed by atoms with van der Waals surface area (Å²) in [6.45, 7) is 1.39. The molecule has 0 radical (unpaired) electrons. The van der Waals surface area contributed by atoms with Gasteiger partial charge >= 0.3 is 5.97 Å². The summed E-state index contributed by atoms with van der Waals surface area (Å²) in [6, 6.07) is 15.4. The summed E-state index contributed by atoms with van der Waals surface area (Å²) in [7, 11) is 1.62. The molecule has 0 N–H and O–H groups in total. The van der Waals surface area contributed by atoms with E-state index in [1.807, 2.05) is 48.5 Å². The number of fused-ring (bicyclic) bond motifs is 4. The monoisotopic (exact) mass is 344 g/mol. The van der Waals surface area contributed by atoms with Crippen molar-refractivity contribution in [1.29, 1.82) is 0 Å². The van der Waals surface area contributed by atoms with Crippen LogP contribution in [0.2, 0.25) is 0 Å². The van der Waals surface area contributed by atoms with Crippen molar-refractivity contribution in [3.05, 3.63) is 59.7 Å². The van der Waals surface area contributed by atoms with Crippen molar-refractivity contribution in [3.8, 4) is 11.5 Å². The second kappa shape index (κ2) is 5.46. The molecule has 0 atom stereocenters. The number of methoxy groups -OCH3 is 1. The Morgan fingerprint density at radius 3 is 2.69 bits per heavy atom. The normalized spacial score (nSPS) is 15.9. The molecule has 4 aromatic carbocycles. The van der Waals surface area contributed by atoms with Crippen molar-refractivity contribution >= 4 is 38.3 Å². The SMILES string of the molecule is [2H]C1([2H])Cc2cccc3c(OC(C)=O)c4c(ccc5cc(OC)ccc54)c1c23. The Bertz CT molecular complexity index is 1310. The summed E-state index contributed by atoms with van der Waals surface area (Å²) in [5.41, 5.74) is 1.63. The Balaban J connectivity index is 2.05. The van der Waals surface area contributed by atoms with Gasteiger partial charge in [0.1, 0.15) is 11.5 Å². The summed E-state index contributed by atoms with van der Waals surface area (Å²) in [5.74, 6) is 0.842. The molecule has 1 aliphatic rings. The molecular weight excluding hydrogens is 324 g/mol. The maximum Gasteiger partial charge on any atom is 0.308 e. The van der Waals surface area contributed by atoms with E-state index >= 15 is 0 Å². The molecule has 0 heterocycles. The van der Waals surface area contributed by atoms with Gasteiger partial charge in [-0.3, -0.25) is 4.79 Å². The third-order valence-electron chi connectivity index (χ3n) is 5.07. The van der Waals surface area contributed by atoms with Crippen LogP contribution in [0.1, 0.15) is 20.8 Å². The first-order valence-corrected chi connectivity index (χ1v) is 8.57. The minimum Gasteiger partial charge on any atom is -0.497 e. The molecule has 26 heavy (non-hydrogen) atoms. The fourth-order valence-corrected chi connectivity index (χ4v) is 4.01. The molecule has 0 unspecified atom stereocenters. The zero-order valence-corrected chi connectivity index (χ0v) is 14.6. The van der Waals surface area contributed by atoms with Crippen molar-refractivity contribution in [1.82, 2.24) is 0 Å². The van der Waals surface area contributed by atoms with E-state index in [1.165, 1.54) is 6.92 Å². The summed E-state index contributed by atoms with van der Waals surface area (Å²) >= 11 is 0. The molecule has 1 aliphatic carbocycles. The van der Waals surface area contributed by atoms with Crippen LogP contribution >= 0.6 is 0 Å².